The molecular weight excluding hydrogens is 475 g/mol. The minimum absolute atomic E-state index is 0. The Morgan fingerprint density at radius 3 is 2.53 bits per heavy atom. The van der Waals surface area contributed by atoms with E-state index in [1.807, 2.05) is 35.0 Å². The molecule has 0 aliphatic carbocycles. The van der Waals surface area contributed by atoms with Crippen LogP contribution in [0.5, 0.6) is 5.75 Å². The number of thiophene rings is 1. The molecular formula is C24H26ClFN6OS. The van der Waals surface area contributed by atoms with Crippen molar-refractivity contribution in [2.75, 3.05) is 38.2 Å². The number of benzene rings is 2. The number of halogens is 2. The second-order valence-electron chi connectivity index (χ2n) is 7.95. The third-order valence-corrected chi connectivity index (χ3v) is 6.83. The first-order valence-corrected chi connectivity index (χ1v) is 11.8. The number of nitrogens with zero attached hydrogens (tertiary/aromatic N) is 6. The summed E-state index contributed by atoms with van der Waals surface area (Å²) in [6.07, 6.45) is 0. The topological polar surface area (TPSA) is 59.3 Å². The Hall–Kier alpha value is -3.01. The van der Waals surface area contributed by atoms with E-state index >= 15 is 0 Å². The van der Waals surface area contributed by atoms with E-state index in [1.165, 1.54) is 17.0 Å². The smallest absolute Gasteiger partial charge is 0.173 e. The molecule has 0 bridgehead atoms. The zero-order chi connectivity index (χ0) is 22.6. The predicted octanol–water partition coefficient (Wildman–Crippen LogP) is 4.26. The van der Waals surface area contributed by atoms with E-state index in [1.54, 1.807) is 18.4 Å². The van der Waals surface area contributed by atoms with Crippen molar-refractivity contribution in [2.45, 2.75) is 12.6 Å². The first-order valence-electron chi connectivity index (χ1n) is 10.9. The molecule has 4 aromatic rings. The summed E-state index contributed by atoms with van der Waals surface area (Å²) >= 11 is 1.68. The highest BCUT2D eigenvalue weighted by molar-refractivity contribution is 7.09. The van der Waals surface area contributed by atoms with Crippen LogP contribution in [-0.2, 0) is 6.54 Å². The van der Waals surface area contributed by atoms with Gasteiger partial charge in [0.15, 0.2) is 5.82 Å². The van der Waals surface area contributed by atoms with Gasteiger partial charge in [-0.05, 0) is 51.7 Å². The highest BCUT2D eigenvalue weighted by atomic mass is 35.5. The number of tetrazole rings is 1. The SMILES string of the molecule is COc1cccc(N2CCN(C(c3ccc(F)cc3)c3nnnn3Cc3cccs3)CC2)c1.Cl. The van der Waals surface area contributed by atoms with Gasteiger partial charge in [0.25, 0.3) is 0 Å². The van der Waals surface area contributed by atoms with Gasteiger partial charge in [0.05, 0.1) is 19.7 Å². The van der Waals surface area contributed by atoms with Crippen LogP contribution in [0.1, 0.15) is 22.3 Å². The minimum Gasteiger partial charge on any atom is -0.497 e. The number of piperazine rings is 1. The standard InChI is InChI=1S/C24H25FN6OS.ClH/c1-32-21-5-2-4-20(16-21)29-11-13-30(14-12-29)23(18-7-9-19(25)10-8-18)24-26-27-28-31(24)17-22-6-3-15-33-22;/h2-10,15-16,23H,11-14,17H2,1H3;1H. The number of rotatable bonds is 7. The van der Waals surface area contributed by atoms with E-state index in [-0.39, 0.29) is 24.3 Å². The van der Waals surface area contributed by atoms with Crippen molar-refractivity contribution >= 4 is 29.4 Å². The lowest BCUT2D eigenvalue weighted by atomic mass is 10.0. The molecule has 178 valence electrons. The minimum atomic E-state index is -0.251. The molecule has 34 heavy (non-hydrogen) atoms. The summed E-state index contributed by atoms with van der Waals surface area (Å²) in [6, 6.07) is 18.8. The van der Waals surface area contributed by atoms with Crippen molar-refractivity contribution in [2.24, 2.45) is 0 Å². The highest BCUT2D eigenvalue weighted by Gasteiger charge is 2.31. The Morgan fingerprint density at radius 1 is 1.03 bits per heavy atom. The third kappa shape index (κ3) is 5.22. The van der Waals surface area contributed by atoms with Gasteiger partial charge < -0.3 is 9.64 Å². The molecule has 1 aliphatic heterocycles. The van der Waals surface area contributed by atoms with Crippen molar-refractivity contribution < 1.29 is 9.13 Å². The molecule has 1 atom stereocenters. The van der Waals surface area contributed by atoms with Crippen LogP contribution in [0.15, 0.2) is 66.0 Å². The Balaban J connectivity index is 0.00000274. The Bertz CT molecular complexity index is 1180. The van der Waals surface area contributed by atoms with Crippen molar-refractivity contribution in [3.05, 3.63) is 88.1 Å². The molecule has 1 unspecified atom stereocenters. The second kappa shape index (κ2) is 10.9. The molecule has 1 saturated heterocycles. The zero-order valence-corrected chi connectivity index (χ0v) is 20.4. The van der Waals surface area contributed by atoms with Gasteiger partial charge in [0.2, 0.25) is 0 Å². The largest absolute Gasteiger partial charge is 0.497 e. The molecule has 0 radical (unpaired) electrons. The fraction of sp³-hybridized carbons (Fsp3) is 0.292. The average molecular weight is 501 g/mol. The summed E-state index contributed by atoms with van der Waals surface area (Å²) in [5.41, 5.74) is 2.13. The van der Waals surface area contributed by atoms with Crippen molar-refractivity contribution in [3.63, 3.8) is 0 Å². The predicted molar refractivity (Wildman–Crippen MR) is 134 cm³/mol. The molecule has 3 heterocycles. The first kappa shape index (κ1) is 24.1. The monoisotopic (exact) mass is 500 g/mol. The second-order valence-corrected chi connectivity index (χ2v) is 8.98. The van der Waals surface area contributed by atoms with E-state index in [0.717, 1.165) is 49.0 Å². The van der Waals surface area contributed by atoms with Gasteiger partial charge in [0, 0.05) is 42.8 Å². The molecule has 0 spiro atoms. The Kier molecular flexibility index (Phi) is 7.77. The summed E-state index contributed by atoms with van der Waals surface area (Å²) in [4.78, 5) is 5.92. The van der Waals surface area contributed by atoms with Gasteiger partial charge in [-0.25, -0.2) is 9.07 Å². The fourth-order valence-corrected chi connectivity index (χ4v) is 4.97. The van der Waals surface area contributed by atoms with Gasteiger partial charge in [-0.15, -0.1) is 28.8 Å². The summed E-state index contributed by atoms with van der Waals surface area (Å²) < 4.78 is 20.9. The maximum absolute atomic E-state index is 13.7. The molecule has 1 aliphatic rings. The Morgan fingerprint density at radius 2 is 1.82 bits per heavy atom. The van der Waals surface area contributed by atoms with Crippen LogP contribution >= 0.6 is 23.7 Å². The lowest BCUT2D eigenvalue weighted by molar-refractivity contribution is 0.201. The van der Waals surface area contributed by atoms with E-state index in [0.29, 0.717) is 6.54 Å². The van der Waals surface area contributed by atoms with Gasteiger partial charge in [-0.1, -0.05) is 24.3 Å². The summed E-state index contributed by atoms with van der Waals surface area (Å²) in [5.74, 6) is 1.37. The third-order valence-electron chi connectivity index (χ3n) is 5.97. The first-order chi connectivity index (χ1) is 16.2. The normalized spacial score (nSPS) is 15.1. The van der Waals surface area contributed by atoms with Crippen molar-refractivity contribution in [1.29, 1.82) is 0 Å². The molecule has 0 saturated carbocycles. The highest BCUT2D eigenvalue weighted by Crippen LogP contribution is 2.30. The van der Waals surface area contributed by atoms with Crippen LogP contribution < -0.4 is 9.64 Å². The van der Waals surface area contributed by atoms with Gasteiger partial charge >= 0.3 is 0 Å². The van der Waals surface area contributed by atoms with Crippen LogP contribution in [-0.4, -0.2) is 58.4 Å². The molecule has 0 N–H and O–H groups in total. The molecule has 5 rings (SSSR count). The van der Waals surface area contributed by atoms with Crippen LogP contribution in [0, 0.1) is 5.82 Å². The zero-order valence-electron chi connectivity index (χ0n) is 18.7. The van der Waals surface area contributed by atoms with E-state index < -0.39 is 0 Å². The van der Waals surface area contributed by atoms with Crippen LogP contribution in [0.4, 0.5) is 10.1 Å². The number of anilines is 1. The lowest BCUT2D eigenvalue weighted by Gasteiger charge is -2.40. The number of hydrogen-bond acceptors (Lipinski definition) is 7. The lowest BCUT2D eigenvalue weighted by Crippen LogP contribution is -2.48. The molecule has 7 nitrogen and oxygen atoms in total. The van der Waals surface area contributed by atoms with Gasteiger partial charge in [0.1, 0.15) is 11.6 Å². The van der Waals surface area contributed by atoms with Crippen LogP contribution in [0.2, 0.25) is 0 Å². The molecule has 2 aromatic carbocycles. The Labute approximate surface area is 208 Å². The van der Waals surface area contributed by atoms with Crippen LogP contribution in [0.25, 0.3) is 0 Å². The number of aromatic nitrogens is 4. The molecule has 1 fully saturated rings. The van der Waals surface area contributed by atoms with Gasteiger partial charge in [-0.3, -0.25) is 4.90 Å². The van der Waals surface area contributed by atoms with Crippen LogP contribution in [0.3, 0.4) is 0 Å². The summed E-state index contributed by atoms with van der Waals surface area (Å²) in [5, 5.41) is 14.7. The summed E-state index contributed by atoms with van der Waals surface area (Å²) in [7, 11) is 1.69. The number of ether oxygens (including phenoxy) is 1. The maximum atomic E-state index is 13.7. The average Bonchev–Trinajstić information content (AvgIpc) is 3.54. The van der Waals surface area contributed by atoms with Gasteiger partial charge in [-0.2, -0.15) is 0 Å². The molecule has 10 heteroatoms. The fourth-order valence-electron chi connectivity index (χ4n) is 4.28. The quantitative estimate of drug-likeness (QED) is 0.378. The van der Waals surface area contributed by atoms with Crippen molar-refractivity contribution in [3.8, 4) is 5.75 Å². The molecule has 2 aromatic heterocycles. The summed E-state index contributed by atoms with van der Waals surface area (Å²) in [6.45, 7) is 3.98. The van der Waals surface area contributed by atoms with E-state index in [9.17, 15) is 4.39 Å². The number of methoxy groups -OCH3 is 1. The maximum Gasteiger partial charge on any atom is 0.173 e. The molecule has 0 amide bonds. The van der Waals surface area contributed by atoms with Crippen molar-refractivity contribution in [1.82, 2.24) is 25.1 Å². The van der Waals surface area contributed by atoms with E-state index in [4.69, 9.17) is 4.74 Å². The number of hydrogen-bond donors (Lipinski definition) is 0. The van der Waals surface area contributed by atoms with E-state index in [2.05, 4.69) is 48.9 Å².